The highest BCUT2D eigenvalue weighted by Crippen LogP contribution is 2.31. The number of hydrogen-bond acceptors (Lipinski definition) is 7. The molecule has 0 saturated heterocycles. The minimum Gasteiger partial charge on any atom is -0.494 e. The molecule has 0 fully saturated rings. The SMILES string of the molecule is CCCCOc1ccc(Nc2ncnc(NCc3ccccc3)c2[N+](=O)[O-])cc1. The van der Waals surface area contributed by atoms with Gasteiger partial charge in [-0.15, -0.1) is 0 Å². The second-order valence-electron chi connectivity index (χ2n) is 6.37. The van der Waals surface area contributed by atoms with Gasteiger partial charge in [0.15, 0.2) is 0 Å². The number of nitrogens with zero attached hydrogens (tertiary/aromatic N) is 3. The van der Waals surface area contributed by atoms with Crippen LogP contribution in [0.2, 0.25) is 0 Å². The Morgan fingerprint density at radius 3 is 2.45 bits per heavy atom. The number of benzene rings is 2. The van der Waals surface area contributed by atoms with Gasteiger partial charge in [0.1, 0.15) is 12.1 Å². The first kappa shape index (κ1) is 20.1. The van der Waals surface area contributed by atoms with E-state index in [4.69, 9.17) is 4.74 Å². The smallest absolute Gasteiger partial charge is 0.353 e. The molecule has 2 N–H and O–H groups in total. The van der Waals surface area contributed by atoms with Gasteiger partial charge in [-0.05, 0) is 36.2 Å². The Morgan fingerprint density at radius 2 is 1.76 bits per heavy atom. The summed E-state index contributed by atoms with van der Waals surface area (Å²) < 4.78 is 5.64. The van der Waals surface area contributed by atoms with E-state index in [1.165, 1.54) is 6.33 Å². The van der Waals surface area contributed by atoms with Gasteiger partial charge in [-0.1, -0.05) is 43.7 Å². The molecule has 8 nitrogen and oxygen atoms in total. The third-order valence-corrected chi connectivity index (χ3v) is 4.19. The average Bonchev–Trinajstić information content (AvgIpc) is 2.74. The Bertz CT molecular complexity index is 933. The van der Waals surface area contributed by atoms with E-state index in [0.717, 1.165) is 24.2 Å². The van der Waals surface area contributed by atoms with Crippen LogP contribution < -0.4 is 15.4 Å². The van der Waals surface area contributed by atoms with E-state index in [0.29, 0.717) is 18.8 Å². The van der Waals surface area contributed by atoms with Gasteiger partial charge < -0.3 is 15.4 Å². The molecule has 0 aliphatic carbocycles. The van der Waals surface area contributed by atoms with Crippen molar-refractivity contribution in [2.45, 2.75) is 26.3 Å². The Balaban J connectivity index is 1.74. The van der Waals surface area contributed by atoms with Crippen molar-refractivity contribution in [1.29, 1.82) is 0 Å². The fourth-order valence-electron chi connectivity index (χ4n) is 2.66. The third-order valence-electron chi connectivity index (χ3n) is 4.19. The van der Waals surface area contributed by atoms with Gasteiger partial charge in [0.2, 0.25) is 11.6 Å². The number of aromatic nitrogens is 2. The van der Waals surface area contributed by atoms with E-state index < -0.39 is 4.92 Å². The molecule has 0 saturated carbocycles. The molecule has 0 spiro atoms. The maximum Gasteiger partial charge on any atom is 0.353 e. The molecule has 8 heteroatoms. The van der Waals surface area contributed by atoms with Crippen molar-refractivity contribution in [1.82, 2.24) is 9.97 Å². The zero-order chi connectivity index (χ0) is 20.5. The van der Waals surface area contributed by atoms with Crippen molar-refractivity contribution in [3.05, 3.63) is 76.6 Å². The third kappa shape index (κ3) is 5.65. The molecule has 3 rings (SSSR count). The molecule has 1 aromatic heterocycles. The minimum absolute atomic E-state index is 0.125. The summed E-state index contributed by atoms with van der Waals surface area (Å²) in [5, 5.41) is 17.7. The number of ether oxygens (including phenoxy) is 1. The normalized spacial score (nSPS) is 10.4. The number of nitro groups is 1. The monoisotopic (exact) mass is 393 g/mol. The molecule has 1 heterocycles. The van der Waals surface area contributed by atoms with E-state index in [9.17, 15) is 10.1 Å². The Morgan fingerprint density at radius 1 is 1.03 bits per heavy atom. The zero-order valence-corrected chi connectivity index (χ0v) is 16.2. The quantitative estimate of drug-likeness (QED) is 0.286. The maximum absolute atomic E-state index is 11.7. The predicted octanol–water partition coefficient (Wildman–Crippen LogP) is 4.92. The average molecular weight is 393 g/mol. The first-order chi connectivity index (χ1) is 14.2. The predicted molar refractivity (Wildman–Crippen MR) is 113 cm³/mol. The van der Waals surface area contributed by atoms with Crippen LogP contribution in [-0.4, -0.2) is 21.5 Å². The number of hydrogen-bond donors (Lipinski definition) is 2. The molecule has 2 aromatic carbocycles. The highest BCUT2D eigenvalue weighted by Gasteiger charge is 2.23. The lowest BCUT2D eigenvalue weighted by atomic mass is 10.2. The summed E-state index contributed by atoms with van der Waals surface area (Å²) in [5.74, 6) is 1.04. The van der Waals surface area contributed by atoms with Gasteiger partial charge in [-0.3, -0.25) is 10.1 Å². The largest absolute Gasteiger partial charge is 0.494 e. The summed E-state index contributed by atoms with van der Waals surface area (Å²) >= 11 is 0. The highest BCUT2D eigenvalue weighted by atomic mass is 16.6. The fourth-order valence-corrected chi connectivity index (χ4v) is 2.66. The van der Waals surface area contributed by atoms with Crippen molar-refractivity contribution in [3.63, 3.8) is 0 Å². The number of anilines is 3. The highest BCUT2D eigenvalue weighted by molar-refractivity contribution is 5.73. The van der Waals surface area contributed by atoms with E-state index in [2.05, 4.69) is 27.5 Å². The van der Waals surface area contributed by atoms with Crippen LogP contribution in [0.4, 0.5) is 23.0 Å². The number of nitrogens with one attached hydrogen (secondary N) is 2. The van der Waals surface area contributed by atoms with Crippen molar-refractivity contribution in [2.75, 3.05) is 17.2 Å². The Hall–Kier alpha value is -3.68. The molecule has 0 atom stereocenters. The lowest BCUT2D eigenvalue weighted by Gasteiger charge is -2.11. The summed E-state index contributed by atoms with van der Waals surface area (Å²) in [6.45, 7) is 3.19. The molecule has 0 aliphatic heterocycles. The Labute approximate surface area is 169 Å². The van der Waals surface area contributed by atoms with E-state index in [1.54, 1.807) is 12.1 Å². The first-order valence-electron chi connectivity index (χ1n) is 9.44. The van der Waals surface area contributed by atoms with Gasteiger partial charge in [0.05, 0.1) is 11.5 Å². The van der Waals surface area contributed by atoms with E-state index in [-0.39, 0.29) is 17.3 Å². The second-order valence-corrected chi connectivity index (χ2v) is 6.37. The summed E-state index contributed by atoms with van der Waals surface area (Å²) in [6.07, 6.45) is 3.36. The summed E-state index contributed by atoms with van der Waals surface area (Å²) in [6, 6.07) is 16.8. The van der Waals surface area contributed by atoms with Crippen LogP contribution in [-0.2, 0) is 6.54 Å². The van der Waals surface area contributed by atoms with Crippen LogP contribution >= 0.6 is 0 Å². The van der Waals surface area contributed by atoms with Crippen molar-refractivity contribution < 1.29 is 9.66 Å². The van der Waals surface area contributed by atoms with E-state index >= 15 is 0 Å². The summed E-state index contributed by atoms with van der Waals surface area (Å²) in [4.78, 5) is 19.3. The molecule has 0 amide bonds. The molecule has 0 radical (unpaired) electrons. The van der Waals surface area contributed by atoms with Gasteiger partial charge in [0.25, 0.3) is 0 Å². The molecule has 3 aromatic rings. The van der Waals surface area contributed by atoms with Crippen LogP contribution in [0.15, 0.2) is 60.9 Å². The van der Waals surface area contributed by atoms with Crippen LogP contribution in [0, 0.1) is 10.1 Å². The lowest BCUT2D eigenvalue weighted by Crippen LogP contribution is -2.08. The molecule has 0 unspecified atom stereocenters. The molecular formula is C21H23N5O3. The van der Waals surface area contributed by atoms with Crippen LogP contribution in [0.3, 0.4) is 0 Å². The molecule has 29 heavy (non-hydrogen) atoms. The van der Waals surface area contributed by atoms with Crippen molar-refractivity contribution >= 4 is 23.0 Å². The molecule has 0 aliphatic rings. The van der Waals surface area contributed by atoms with Crippen molar-refractivity contribution in [3.8, 4) is 5.75 Å². The summed E-state index contributed by atoms with van der Waals surface area (Å²) in [5.41, 5.74) is 1.46. The number of rotatable bonds is 10. The van der Waals surface area contributed by atoms with Crippen LogP contribution in [0.25, 0.3) is 0 Å². The van der Waals surface area contributed by atoms with Gasteiger partial charge in [-0.2, -0.15) is 0 Å². The van der Waals surface area contributed by atoms with Crippen molar-refractivity contribution in [2.24, 2.45) is 0 Å². The van der Waals surface area contributed by atoms with E-state index in [1.807, 2.05) is 42.5 Å². The standard InChI is InChI=1S/C21H23N5O3/c1-2-3-13-29-18-11-9-17(10-12-18)25-21-19(26(27)28)20(23-15-24-21)22-14-16-7-5-4-6-8-16/h4-12,15H,2-3,13-14H2,1H3,(H2,22,23,24,25). The minimum atomic E-state index is -0.488. The van der Waals surface area contributed by atoms with Gasteiger partial charge >= 0.3 is 5.69 Å². The molecule has 150 valence electrons. The molecule has 0 bridgehead atoms. The first-order valence-corrected chi connectivity index (χ1v) is 9.44. The summed E-state index contributed by atoms with van der Waals surface area (Å²) in [7, 11) is 0. The number of unbranched alkanes of at least 4 members (excludes halogenated alkanes) is 1. The lowest BCUT2D eigenvalue weighted by molar-refractivity contribution is -0.383. The van der Waals surface area contributed by atoms with Gasteiger partial charge in [0, 0.05) is 12.2 Å². The van der Waals surface area contributed by atoms with Crippen LogP contribution in [0.1, 0.15) is 25.3 Å². The second kappa shape index (κ2) is 10.0. The molecular weight excluding hydrogens is 370 g/mol. The Kier molecular flexibility index (Phi) is 6.94. The maximum atomic E-state index is 11.7. The van der Waals surface area contributed by atoms with Gasteiger partial charge in [-0.25, -0.2) is 9.97 Å². The fraction of sp³-hybridized carbons (Fsp3) is 0.238. The topological polar surface area (TPSA) is 102 Å². The zero-order valence-electron chi connectivity index (χ0n) is 16.2. The van der Waals surface area contributed by atoms with Crippen LogP contribution in [0.5, 0.6) is 5.75 Å².